The molecule has 18 rings (SSSR count). The number of halogens is 2. The van der Waals surface area contributed by atoms with Crippen molar-refractivity contribution in [3.8, 4) is 34.5 Å². The van der Waals surface area contributed by atoms with E-state index in [2.05, 4.69) is 23.4 Å². The number of phenols is 3. The van der Waals surface area contributed by atoms with E-state index in [9.17, 15) is 54.6 Å². The van der Waals surface area contributed by atoms with Gasteiger partial charge in [-0.05, 0) is 138 Å². The minimum atomic E-state index is -1.82. The number of carboxylic acid groups (broad SMARTS) is 4. The molecule has 0 radical (unpaired) electrons. The van der Waals surface area contributed by atoms with E-state index in [-0.39, 0.29) is 189 Å². The SMILES string of the molecule is C=CCN1CCC23c4c5ccc(O)c4OC2C(=O)CCC3(O)C1C5.CN1CCC23c4c5ccc(O)c4OC2C(=O)CCC3(O)C1C5.C[N+]1(CC2CC2)CCC23c4c5ccc(O)c4OC2C(=O)CCC3(O)C1C5.N.N.NC1CCCCC1N.O.O.O=C(O)C(=O)O.O=C(O)C1(C(=O)O)CCC1.[Cl][Pt+2][Cl].[NH2-].[NH2-].[NH2-].[NH2-].[Pt+2].[Pt+2].[Pt]. The first-order chi connectivity index (χ1) is 46.9. The minimum absolute atomic E-state index is 0. The first-order valence-corrected chi connectivity index (χ1v) is 40.0. The second-order valence-electron chi connectivity index (χ2n) is 30.2. The smallest absolute Gasteiger partial charge is 0.693 e. The number of quaternary nitrogens is 1. The van der Waals surface area contributed by atoms with E-state index < -0.39 is 97.1 Å². The van der Waals surface area contributed by atoms with Gasteiger partial charge in [-0.15, -0.1) is 6.58 Å². The maximum atomic E-state index is 12.8. The van der Waals surface area contributed by atoms with Gasteiger partial charge in [0, 0.05) is 113 Å². The molecular formula is C71H108Cl2N11O22Pt4+3. The predicted octanol–water partition coefficient (Wildman–Crippen LogP) is 6.33. The van der Waals surface area contributed by atoms with Crippen LogP contribution in [0.1, 0.15) is 149 Å². The van der Waals surface area contributed by atoms with Gasteiger partial charge in [0.25, 0.3) is 0 Å². The van der Waals surface area contributed by atoms with Crippen LogP contribution in [0.15, 0.2) is 49.1 Å². The standard InChI is InChI=1S/C21H25NO4.C19H21NO4.C17H19NO4.C6H14N2.C6H8O4.C2H2O4.2ClH.2H3N.4H2N.2H2O.4Pt/c1-22(11-12-2-3-12)9-8-20-17-13-4-5-14(23)18(17)26-19(20)15(24)6-7-21(20,25)16(22)10-13;1-2-8-20-9-7-18-15-11-3-4-12(21)16(15)24-17(18)13(22)5-6-19(18,23)14(20)10-11;1-18-7-6-16-13-9-2-3-10(19)14(13)22-15(16)11(20)4-5-17(16,21)12(18)8-9;7-5-3-1-2-4-6(5)8;7-4(8)6(5(9)10)2-1-3-6;3-1(4)2(5)6;;;;;;;;;;;;;;/h4-5,12,16,19,25H,2-3,6-11H2,1H3;2-4,14,17,21,23H,1,5-10H2;2-3,12,15,19,21H,4-8H2,1H3;5-6H,1-4,7-8H2;1-3H2,(H,7,8)(H,9,10);(H,3,4)(H,5,6);2*1H;2*1H3;6*1H2;;;;/q;;;;;;;;;;4*-1;;;;2*+2;+4/p-1. The number of rotatable bonds is 6. The molecule has 6 heterocycles. The summed E-state index contributed by atoms with van der Waals surface area (Å²) in [6.45, 7) is 8.28. The number of phenolic OH excluding ortho intramolecular Hbond substituents is 3. The van der Waals surface area contributed by atoms with Gasteiger partial charge < -0.3 is 134 Å². The molecular weight excluding hydrogens is 2210 g/mol. The number of Topliss-reactive ketones (excluding diaryl/α,β-unsaturated/α-hetero) is 3. The third-order valence-corrected chi connectivity index (χ3v) is 25.6. The Balaban J connectivity index is 0.000000679. The molecule has 9 fully saturated rings. The number of aliphatic hydroxyl groups is 3. The van der Waals surface area contributed by atoms with Crippen molar-refractivity contribution in [1.29, 1.82) is 0 Å². The third-order valence-electron chi connectivity index (χ3n) is 25.6. The molecule has 630 valence electrons. The summed E-state index contributed by atoms with van der Waals surface area (Å²) in [5.74, 6) is -3.54. The zero-order chi connectivity index (χ0) is 71.5. The molecule has 3 saturated heterocycles. The fourth-order valence-electron chi connectivity index (χ4n) is 20.5. The normalized spacial score (nSPS) is 33.1. The Morgan fingerprint density at radius 3 is 1.29 bits per heavy atom. The zero-order valence-corrected chi connectivity index (χ0v) is 71.7. The average Bonchev–Trinajstić information content (AvgIpc) is 1.43. The molecule has 3 aromatic carbocycles. The van der Waals surface area contributed by atoms with E-state index >= 15 is 0 Å². The molecule has 9 aliphatic carbocycles. The maximum Gasteiger partial charge on any atom is 2.00 e. The van der Waals surface area contributed by atoms with E-state index in [4.69, 9.17) is 74.5 Å². The molecule has 39 heteroatoms. The number of carbonyl (C=O) groups is 7. The molecule has 3 aromatic rings. The Morgan fingerprint density at radius 1 is 0.582 bits per heavy atom. The minimum Gasteiger partial charge on any atom is -0.693 e. The number of aliphatic carboxylic acids is 4. The molecule has 110 heavy (non-hydrogen) atoms. The van der Waals surface area contributed by atoms with Crippen LogP contribution < -0.4 is 38.0 Å². The molecule has 15 aliphatic rings. The van der Waals surface area contributed by atoms with E-state index in [0.717, 1.165) is 109 Å². The second kappa shape index (κ2) is 38.7. The van der Waals surface area contributed by atoms with Gasteiger partial charge in [0.05, 0.1) is 47.6 Å². The Kier molecular flexibility index (Phi) is 36.5. The number of hydrogen-bond acceptors (Lipinski definition) is 22. The van der Waals surface area contributed by atoms with Crippen LogP contribution in [-0.4, -0.2) is 230 Å². The van der Waals surface area contributed by atoms with Crippen LogP contribution in [0, 0.1) is 11.3 Å². The van der Waals surface area contributed by atoms with Crippen molar-refractivity contribution in [3.05, 3.63) is 107 Å². The molecule has 3 spiro atoms. The van der Waals surface area contributed by atoms with Crippen molar-refractivity contribution in [2.75, 3.05) is 46.8 Å². The largest absolute Gasteiger partial charge is 2.00 e. The average molecular weight is 2320 g/mol. The number of nitrogens with zero attached hydrogens (tertiary/aromatic N) is 3. The van der Waals surface area contributed by atoms with Crippen LogP contribution in [0.4, 0.5) is 0 Å². The number of hydrogen-bond donors (Lipinski definition) is 14. The Bertz CT molecular complexity index is 3810. The molecule has 33 nitrogen and oxygen atoms in total. The Hall–Kier alpha value is -4.22. The van der Waals surface area contributed by atoms with E-state index in [0.29, 0.717) is 81.5 Å². The van der Waals surface area contributed by atoms with Crippen molar-refractivity contribution in [3.63, 3.8) is 0 Å². The summed E-state index contributed by atoms with van der Waals surface area (Å²) in [6, 6.07) is 11.4. The summed E-state index contributed by atoms with van der Waals surface area (Å²) in [5, 5.41) is 98.2. The summed E-state index contributed by atoms with van der Waals surface area (Å²) in [7, 11) is 14.1. The van der Waals surface area contributed by atoms with Crippen molar-refractivity contribution >= 4 is 60.1 Å². The second-order valence-corrected chi connectivity index (χ2v) is 33.5. The maximum absolute atomic E-state index is 12.8. The number of carboxylic acids is 4. The van der Waals surface area contributed by atoms with Crippen LogP contribution in [0.3, 0.4) is 0 Å². The molecule has 32 N–H and O–H groups in total. The summed E-state index contributed by atoms with van der Waals surface area (Å²) < 4.78 is 18.9. The van der Waals surface area contributed by atoms with Crippen molar-refractivity contribution in [2.24, 2.45) is 22.8 Å². The van der Waals surface area contributed by atoms with E-state index in [1.165, 1.54) is 25.7 Å². The van der Waals surface area contributed by atoms with Gasteiger partial charge in [-0.2, -0.15) is 0 Å². The molecule has 15 unspecified atom stereocenters. The number of carbonyl (C=O) groups excluding carboxylic acids is 3. The van der Waals surface area contributed by atoms with Crippen LogP contribution in [-0.2, 0) is 149 Å². The fourth-order valence-corrected chi connectivity index (χ4v) is 20.5. The first-order valence-electron chi connectivity index (χ1n) is 34.3. The van der Waals surface area contributed by atoms with Crippen LogP contribution in [0.5, 0.6) is 34.5 Å². The van der Waals surface area contributed by atoms with Crippen molar-refractivity contribution < 1.29 is 194 Å². The van der Waals surface area contributed by atoms with Crippen molar-refractivity contribution in [1.82, 2.24) is 22.1 Å². The molecule has 0 amide bonds. The molecule has 6 bridgehead atoms. The Morgan fingerprint density at radius 2 is 0.945 bits per heavy atom. The van der Waals surface area contributed by atoms with Gasteiger partial charge >= 0.3 is 101 Å². The third kappa shape index (κ3) is 16.1. The number of likely N-dealkylation sites (tertiary alicyclic amines) is 3. The summed E-state index contributed by atoms with van der Waals surface area (Å²) >= 11 is -0.472. The van der Waals surface area contributed by atoms with E-state index in [1.54, 1.807) is 18.2 Å². The number of likely N-dealkylation sites (N-methyl/N-ethyl adjacent to an activating group) is 2. The monoisotopic (exact) mass is 2320 g/mol. The van der Waals surface area contributed by atoms with Gasteiger partial charge in [0.1, 0.15) is 11.6 Å². The van der Waals surface area contributed by atoms with Gasteiger partial charge in [-0.1, -0.05) is 37.1 Å². The molecule has 6 saturated carbocycles. The van der Waals surface area contributed by atoms with Gasteiger partial charge in [-0.3, -0.25) is 28.9 Å². The van der Waals surface area contributed by atoms with Gasteiger partial charge in [0.2, 0.25) is 0 Å². The number of piperidine rings is 3. The van der Waals surface area contributed by atoms with Gasteiger partial charge in [0.15, 0.2) is 75.6 Å². The van der Waals surface area contributed by atoms with Crippen LogP contribution in [0.25, 0.3) is 24.6 Å². The van der Waals surface area contributed by atoms with Gasteiger partial charge in [-0.25, -0.2) is 9.59 Å². The number of nitrogens with two attached hydrogens (primary N) is 6. The van der Waals surface area contributed by atoms with Crippen LogP contribution in [0.2, 0.25) is 0 Å². The number of ether oxygens (including phenoxy) is 3. The van der Waals surface area contributed by atoms with E-state index in [1.807, 2.05) is 31.3 Å². The number of benzene rings is 3. The quantitative estimate of drug-likeness (QED) is 0.0555. The van der Waals surface area contributed by atoms with Crippen molar-refractivity contribution in [2.45, 2.75) is 216 Å². The predicted molar refractivity (Wildman–Crippen MR) is 391 cm³/mol. The zero-order valence-electron chi connectivity index (χ0n) is 61.1. The molecule has 15 atom stereocenters. The van der Waals surface area contributed by atoms with Crippen LogP contribution >= 0.6 is 18.8 Å². The number of aromatic hydroxyl groups is 3. The molecule has 0 aromatic heterocycles. The Labute approximate surface area is 698 Å². The fraction of sp³-hybridized carbons (Fsp3) is 0.620. The first kappa shape index (κ1) is 104. The molecule has 6 aliphatic heterocycles. The summed E-state index contributed by atoms with van der Waals surface area (Å²) in [5.41, 5.74) is 11.0. The summed E-state index contributed by atoms with van der Waals surface area (Å²) in [6.07, 6.45) is 15.4. The summed E-state index contributed by atoms with van der Waals surface area (Å²) in [4.78, 5) is 81.4. The topological polar surface area (TPSA) is 675 Å². The number of ketones is 3.